The van der Waals surface area contributed by atoms with Crippen LogP contribution in [-0.4, -0.2) is 5.91 Å². The van der Waals surface area contributed by atoms with Gasteiger partial charge < -0.3 is 5.32 Å². The lowest BCUT2D eigenvalue weighted by atomic mass is 9.86. The van der Waals surface area contributed by atoms with Crippen molar-refractivity contribution in [2.24, 2.45) is 0 Å². The molecule has 2 aromatic carbocycles. The largest absolute Gasteiger partial charge is 0.346 e. The molecule has 2 aromatic rings. The Kier molecular flexibility index (Phi) is 4.65. The van der Waals surface area contributed by atoms with Crippen molar-refractivity contribution in [1.82, 2.24) is 5.32 Å². The zero-order valence-corrected chi connectivity index (χ0v) is 13.5. The Hall–Kier alpha value is -2.16. The van der Waals surface area contributed by atoms with E-state index < -0.39 is 5.82 Å². The molecule has 0 aromatic heterocycles. The van der Waals surface area contributed by atoms with Gasteiger partial charge in [0.2, 0.25) is 0 Å². The molecule has 0 saturated heterocycles. The van der Waals surface area contributed by atoms with Crippen LogP contribution in [0.25, 0.3) is 0 Å². The Morgan fingerprint density at radius 2 is 1.73 bits per heavy atom. The molecule has 0 heterocycles. The Balaban J connectivity index is 2.09. The lowest BCUT2D eigenvalue weighted by molar-refractivity contribution is 0.0939. The van der Waals surface area contributed by atoms with Crippen molar-refractivity contribution >= 4 is 5.91 Å². The first-order valence-corrected chi connectivity index (χ1v) is 7.44. The van der Waals surface area contributed by atoms with Crippen molar-refractivity contribution in [3.63, 3.8) is 0 Å². The fourth-order valence-corrected chi connectivity index (χ4v) is 2.26. The summed E-state index contributed by atoms with van der Waals surface area (Å²) < 4.78 is 13.2. The number of amides is 1. The molecule has 0 spiro atoms. The molecule has 0 radical (unpaired) electrons. The van der Waals surface area contributed by atoms with E-state index >= 15 is 0 Å². The highest BCUT2D eigenvalue weighted by atomic mass is 19.1. The second kappa shape index (κ2) is 6.30. The van der Waals surface area contributed by atoms with Crippen molar-refractivity contribution in [3.05, 3.63) is 71.0 Å². The summed E-state index contributed by atoms with van der Waals surface area (Å²) >= 11 is 0. The van der Waals surface area contributed by atoms with E-state index in [0.717, 1.165) is 5.56 Å². The Morgan fingerprint density at radius 1 is 1.09 bits per heavy atom. The van der Waals surface area contributed by atoms with Gasteiger partial charge in [-0.25, -0.2) is 4.39 Å². The van der Waals surface area contributed by atoms with Crippen LogP contribution in [0.5, 0.6) is 0 Å². The molecule has 1 atom stereocenters. The molecule has 0 bridgehead atoms. The minimum absolute atomic E-state index is 0.104. The van der Waals surface area contributed by atoms with Gasteiger partial charge in [0.25, 0.3) is 5.91 Å². The first-order valence-electron chi connectivity index (χ1n) is 7.44. The van der Waals surface area contributed by atoms with Gasteiger partial charge in [0, 0.05) is 5.56 Å². The third kappa shape index (κ3) is 3.94. The Labute approximate surface area is 131 Å². The number of halogens is 1. The minimum Gasteiger partial charge on any atom is -0.346 e. The molecule has 1 N–H and O–H groups in total. The molecule has 116 valence electrons. The number of carbonyl (C=O) groups excluding carboxylic acids is 1. The standard InChI is InChI=1S/C19H22FNO/c1-13(14-8-10-16(11-9-14)19(2,3)4)21-18(22)15-6-5-7-17(20)12-15/h5-13H,1-4H3,(H,21,22). The summed E-state index contributed by atoms with van der Waals surface area (Å²) in [6, 6.07) is 13.8. The van der Waals surface area contributed by atoms with Gasteiger partial charge in [0.15, 0.2) is 0 Å². The van der Waals surface area contributed by atoms with E-state index in [9.17, 15) is 9.18 Å². The van der Waals surface area contributed by atoms with E-state index in [2.05, 4.69) is 38.2 Å². The van der Waals surface area contributed by atoms with Crippen LogP contribution >= 0.6 is 0 Å². The van der Waals surface area contributed by atoms with Crippen LogP contribution in [0.15, 0.2) is 48.5 Å². The monoisotopic (exact) mass is 299 g/mol. The van der Waals surface area contributed by atoms with Crippen molar-refractivity contribution in [2.45, 2.75) is 39.2 Å². The van der Waals surface area contributed by atoms with E-state index in [1.54, 1.807) is 6.07 Å². The van der Waals surface area contributed by atoms with Gasteiger partial charge in [-0.15, -0.1) is 0 Å². The zero-order chi connectivity index (χ0) is 16.3. The van der Waals surface area contributed by atoms with Crippen LogP contribution in [0.4, 0.5) is 4.39 Å². The molecule has 0 aliphatic heterocycles. The van der Waals surface area contributed by atoms with Crippen molar-refractivity contribution in [3.8, 4) is 0 Å². The number of benzene rings is 2. The van der Waals surface area contributed by atoms with Crippen molar-refractivity contribution < 1.29 is 9.18 Å². The highest BCUT2D eigenvalue weighted by Gasteiger charge is 2.15. The highest BCUT2D eigenvalue weighted by molar-refractivity contribution is 5.94. The lowest BCUT2D eigenvalue weighted by Gasteiger charge is -2.20. The van der Waals surface area contributed by atoms with Crippen LogP contribution in [0, 0.1) is 5.82 Å². The van der Waals surface area contributed by atoms with E-state index in [4.69, 9.17) is 0 Å². The molecule has 2 rings (SSSR count). The fourth-order valence-electron chi connectivity index (χ4n) is 2.26. The summed E-state index contributed by atoms with van der Waals surface area (Å²) in [4.78, 5) is 12.1. The maximum Gasteiger partial charge on any atom is 0.251 e. The Morgan fingerprint density at radius 3 is 2.27 bits per heavy atom. The Bertz CT molecular complexity index is 656. The second-order valence-electron chi connectivity index (χ2n) is 6.58. The van der Waals surface area contributed by atoms with Gasteiger partial charge in [-0.1, -0.05) is 51.1 Å². The first kappa shape index (κ1) is 16.2. The molecule has 1 amide bonds. The van der Waals surface area contributed by atoms with Gasteiger partial charge in [-0.2, -0.15) is 0 Å². The molecule has 1 unspecified atom stereocenters. The molecule has 0 aliphatic rings. The normalized spacial score (nSPS) is 12.8. The summed E-state index contributed by atoms with van der Waals surface area (Å²) in [5, 5.41) is 2.89. The molecule has 2 nitrogen and oxygen atoms in total. The molecule has 0 saturated carbocycles. The smallest absolute Gasteiger partial charge is 0.251 e. The summed E-state index contributed by atoms with van der Waals surface area (Å²) in [6.45, 7) is 8.41. The zero-order valence-electron chi connectivity index (χ0n) is 13.5. The predicted octanol–water partition coefficient (Wildman–Crippen LogP) is 4.61. The number of hydrogen-bond donors (Lipinski definition) is 1. The van der Waals surface area contributed by atoms with Crippen molar-refractivity contribution in [1.29, 1.82) is 0 Å². The van der Waals surface area contributed by atoms with Crippen LogP contribution in [0.3, 0.4) is 0 Å². The van der Waals surface area contributed by atoms with Gasteiger partial charge in [-0.05, 0) is 41.7 Å². The lowest BCUT2D eigenvalue weighted by Crippen LogP contribution is -2.26. The number of nitrogens with one attached hydrogen (secondary N) is 1. The number of carbonyl (C=O) groups is 1. The van der Waals surface area contributed by atoms with E-state index in [0.29, 0.717) is 5.56 Å². The third-order valence-corrected chi connectivity index (χ3v) is 3.71. The molecular formula is C19H22FNO. The SMILES string of the molecule is CC(NC(=O)c1cccc(F)c1)c1ccc(C(C)(C)C)cc1. The second-order valence-corrected chi connectivity index (χ2v) is 6.58. The first-order chi connectivity index (χ1) is 10.3. The minimum atomic E-state index is -0.408. The van der Waals surface area contributed by atoms with E-state index in [-0.39, 0.29) is 17.4 Å². The van der Waals surface area contributed by atoms with Crippen molar-refractivity contribution in [2.75, 3.05) is 0 Å². The fraction of sp³-hybridized carbons (Fsp3) is 0.316. The average molecular weight is 299 g/mol. The summed E-state index contributed by atoms with van der Waals surface area (Å²) in [5.41, 5.74) is 2.71. The molecule has 22 heavy (non-hydrogen) atoms. The molecule has 0 aliphatic carbocycles. The van der Waals surface area contributed by atoms with Crippen LogP contribution in [-0.2, 0) is 5.41 Å². The molecule has 3 heteroatoms. The van der Waals surface area contributed by atoms with Crippen LogP contribution in [0.2, 0.25) is 0 Å². The van der Waals surface area contributed by atoms with Crippen LogP contribution < -0.4 is 5.32 Å². The van der Waals surface area contributed by atoms with Crippen LogP contribution in [0.1, 0.15) is 55.2 Å². The highest BCUT2D eigenvalue weighted by Crippen LogP contribution is 2.24. The topological polar surface area (TPSA) is 29.1 Å². The number of hydrogen-bond acceptors (Lipinski definition) is 1. The summed E-state index contributed by atoms with van der Waals surface area (Å²) in [7, 11) is 0. The van der Waals surface area contributed by atoms with E-state index in [1.807, 2.05) is 19.1 Å². The third-order valence-electron chi connectivity index (χ3n) is 3.71. The van der Waals surface area contributed by atoms with Gasteiger partial charge in [-0.3, -0.25) is 4.79 Å². The molecule has 0 fully saturated rings. The predicted molar refractivity (Wildman–Crippen MR) is 87.4 cm³/mol. The van der Waals surface area contributed by atoms with Gasteiger partial charge in [0.05, 0.1) is 6.04 Å². The average Bonchev–Trinajstić information content (AvgIpc) is 2.46. The molecular weight excluding hydrogens is 277 g/mol. The summed E-state index contributed by atoms with van der Waals surface area (Å²) in [5.74, 6) is -0.679. The quantitative estimate of drug-likeness (QED) is 0.880. The number of rotatable bonds is 3. The maximum absolute atomic E-state index is 13.2. The maximum atomic E-state index is 13.2. The summed E-state index contributed by atoms with van der Waals surface area (Å²) in [6.07, 6.45) is 0. The van der Waals surface area contributed by atoms with Gasteiger partial charge in [0.1, 0.15) is 5.82 Å². The van der Waals surface area contributed by atoms with Gasteiger partial charge >= 0.3 is 0 Å². The van der Waals surface area contributed by atoms with E-state index in [1.165, 1.54) is 23.8 Å².